The van der Waals surface area contributed by atoms with Crippen molar-refractivity contribution in [3.05, 3.63) is 60.5 Å². The van der Waals surface area contributed by atoms with Crippen molar-refractivity contribution in [3.63, 3.8) is 0 Å². The molecule has 0 aliphatic carbocycles. The van der Waals surface area contributed by atoms with Gasteiger partial charge in [0, 0.05) is 18.0 Å². The van der Waals surface area contributed by atoms with Crippen LogP contribution in [0.15, 0.2) is 59.9 Å². The van der Waals surface area contributed by atoms with Gasteiger partial charge in [-0.3, -0.25) is 4.99 Å². The number of benzene rings is 1. The minimum Gasteiger partial charge on any atom is -0.464 e. The fourth-order valence-electron chi connectivity index (χ4n) is 1.23. The van der Waals surface area contributed by atoms with Gasteiger partial charge in [-0.2, -0.15) is 0 Å². The first-order chi connectivity index (χ1) is 7.47. The molecule has 1 aliphatic rings. The quantitative estimate of drug-likeness (QED) is 0.626. The third kappa shape index (κ3) is 2.68. The molecule has 0 fully saturated rings. The van der Waals surface area contributed by atoms with Crippen molar-refractivity contribution in [2.24, 2.45) is 4.99 Å². The summed E-state index contributed by atoms with van der Waals surface area (Å²) in [5, 5.41) is 0. The van der Waals surface area contributed by atoms with E-state index in [-0.39, 0.29) is 0 Å². The summed E-state index contributed by atoms with van der Waals surface area (Å²) >= 11 is 0. The summed E-state index contributed by atoms with van der Waals surface area (Å²) in [6.07, 6.45) is 12.6. The van der Waals surface area contributed by atoms with E-state index in [0.717, 1.165) is 11.3 Å². The van der Waals surface area contributed by atoms with Gasteiger partial charge < -0.3 is 4.74 Å². The molecule has 0 unspecified atom stereocenters. The fraction of sp³-hybridized carbons (Fsp3) is 0. The molecule has 74 valence electrons. The van der Waals surface area contributed by atoms with Crippen LogP contribution >= 0.6 is 0 Å². The number of hydrogen-bond donors (Lipinski definition) is 0. The van der Waals surface area contributed by atoms with Crippen molar-refractivity contribution in [2.75, 3.05) is 0 Å². The van der Waals surface area contributed by atoms with Gasteiger partial charge in [-0.1, -0.05) is 30.4 Å². The van der Waals surface area contributed by atoms with Gasteiger partial charge in [-0.05, 0) is 18.2 Å². The normalized spacial score (nSPS) is 14.1. The number of fused-ring (bicyclic) bond motifs is 1. The number of hydrogen-bond acceptors (Lipinski definition) is 2. The van der Waals surface area contributed by atoms with Gasteiger partial charge in [0.25, 0.3) is 0 Å². The Morgan fingerprint density at radius 1 is 1.00 bits per heavy atom. The molecule has 0 bridgehead atoms. The molecule has 0 saturated carbocycles. The van der Waals surface area contributed by atoms with E-state index in [4.69, 9.17) is 4.74 Å². The molecule has 0 N–H and O–H groups in total. The summed E-state index contributed by atoms with van der Waals surface area (Å²) in [6, 6.07) is 7.87. The van der Waals surface area contributed by atoms with E-state index >= 15 is 0 Å². The van der Waals surface area contributed by atoms with Gasteiger partial charge in [-0.15, -0.1) is 0 Å². The zero-order valence-corrected chi connectivity index (χ0v) is 8.21. The standard InChI is InChI=1S/C13H11NO/c1-2-8-13-12(6-1)7-3-4-9-14-10-5-11-15-13/h1-11H. The minimum absolute atomic E-state index is 0.841. The van der Waals surface area contributed by atoms with Crippen molar-refractivity contribution < 1.29 is 4.74 Å². The molecule has 0 atom stereocenters. The van der Waals surface area contributed by atoms with Crippen molar-refractivity contribution in [3.8, 4) is 5.75 Å². The van der Waals surface area contributed by atoms with Gasteiger partial charge in [0.2, 0.25) is 0 Å². The van der Waals surface area contributed by atoms with Gasteiger partial charge in [0.15, 0.2) is 0 Å². The van der Waals surface area contributed by atoms with Gasteiger partial charge in [0.05, 0.1) is 6.26 Å². The first kappa shape index (κ1) is 9.46. The second kappa shape index (κ2) is 4.96. The lowest BCUT2D eigenvalue weighted by molar-refractivity contribution is 0.481. The molecular weight excluding hydrogens is 186 g/mol. The number of allylic oxidation sites excluding steroid dienone is 3. The fourth-order valence-corrected chi connectivity index (χ4v) is 1.23. The maximum Gasteiger partial charge on any atom is 0.133 e. The summed E-state index contributed by atoms with van der Waals surface area (Å²) in [7, 11) is 0. The number of ether oxygens (including phenoxy) is 1. The summed E-state index contributed by atoms with van der Waals surface area (Å²) in [4.78, 5) is 4.01. The molecule has 0 radical (unpaired) electrons. The third-order valence-electron chi connectivity index (χ3n) is 1.92. The molecule has 2 nitrogen and oxygen atoms in total. The first-order valence-electron chi connectivity index (χ1n) is 4.74. The van der Waals surface area contributed by atoms with Crippen molar-refractivity contribution >= 4 is 12.3 Å². The molecule has 2 heteroatoms. The van der Waals surface area contributed by atoms with E-state index in [1.54, 1.807) is 24.8 Å². The summed E-state index contributed by atoms with van der Waals surface area (Å²) < 4.78 is 5.47. The summed E-state index contributed by atoms with van der Waals surface area (Å²) in [5.74, 6) is 0.841. The molecular formula is C13H11NO. The molecule has 0 aromatic heterocycles. The molecule has 1 heterocycles. The molecule has 2 rings (SSSR count). The zero-order valence-electron chi connectivity index (χ0n) is 8.21. The largest absolute Gasteiger partial charge is 0.464 e. The van der Waals surface area contributed by atoms with Crippen LogP contribution in [0.3, 0.4) is 0 Å². The Labute approximate surface area is 88.9 Å². The molecule has 0 saturated heterocycles. The van der Waals surface area contributed by atoms with E-state index in [9.17, 15) is 0 Å². The number of rotatable bonds is 0. The Bertz CT molecular complexity index is 442. The van der Waals surface area contributed by atoms with Crippen molar-refractivity contribution in [1.82, 2.24) is 0 Å². The highest BCUT2D eigenvalue weighted by atomic mass is 16.5. The lowest BCUT2D eigenvalue weighted by atomic mass is 10.2. The zero-order chi connectivity index (χ0) is 10.3. The predicted molar refractivity (Wildman–Crippen MR) is 62.9 cm³/mol. The third-order valence-corrected chi connectivity index (χ3v) is 1.92. The Morgan fingerprint density at radius 2 is 1.93 bits per heavy atom. The van der Waals surface area contributed by atoms with E-state index in [2.05, 4.69) is 4.99 Å². The van der Waals surface area contributed by atoms with Crippen molar-refractivity contribution in [1.29, 1.82) is 0 Å². The lowest BCUT2D eigenvalue weighted by Crippen LogP contribution is -1.85. The first-order valence-corrected chi connectivity index (χ1v) is 4.74. The number of nitrogens with zero attached hydrogens (tertiary/aromatic N) is 1. The second-order valence-corrected chi connectivity index (χ2v) is 2.98. The van der Waals surface area contributed by atoms with Crippen LogP contribution in [-0.2, 0) is 0 Å². The Hall–Kier alpha value is -2.09. The van der Waals surface area contributed by atoms with Crippen LogP contribution in [0.25, 0.3) is 6.08 Å². The van der Waals surface area contributed by atoms with Gasteiger partial charge in [-0.25, -0.2) is 0 Å². The lowest BCUT2D eigenvalue weighted by Gasteiger charge is -2.03. The average molecular weight is 197 g/mol. The van der Waals surface area contributed by atoms with Crippen LogP contribution in [0.4, 0.5) is 0 Å². The second-order valence-electron chi connectivity index (χ2n) is 2.98. The Morgan fingerprint density at radius 3 is 2.93 bits per heavy atom. The van der Waals surface area contributed by atoms with E-state index < -0.39 is 0 Å². The van der Waals surface area contributed by atoms with Crippen LogP contribution in [0.5, 0.6) is 5.75 Å². The molecule has 15 heavy (non-hydrogen) atoms. The van der Waals surface area contributed by atoms with Gasteiger partial charge in [0.1, 0.15) is 5.75 Å². The highest BCUT2D eigenvalue weighted by Crippen LogP contribution is 2.19. The monoisotopic (exact) mass is 197 g/mol. The maximum atomic E-state index is 5.47. The summed E-state index contributed by atoms with van der Waals surface area (Å²) in [6.45, 7) is 0. The van der Waals surface area contributed by atoms with E-state index in [1.807, 2.05) is 42.5 Å². The maximum absolute atomic E-state index is 5.47. The van der Waals surface area contributed by atoms with Crippen molar-refractivity contribution in [2.45, 2.75) is 0 Å². The van der Waals surface area contributed by atoms with E-state index in [0.29, 0.717) is 0 Å². The highest BCUT2D eigenvalue weighted by molar-refractivity contribution is 5.71. The predicted octanol–water partition coefficient (Wildman–Crippen LogP) is 3.19. The average Bonchev–Trinajstić information content (AvgIpc) is 2.32. The van der Waals surface area contributed by atoms with Crippen LogP contribution in [0.2, 0.25) is 0 Å². The van der Waals surface area contributed by atoms with Gasteiger partial charge >= 0.3 is 0 Å². The molecule has 1 aromatic rings. The molecule has 0 amide bonds. The SMILES string of the molecule is C1=CN=CC=COc2ccccc2C=C1. The van der Waals surface area contributed by atoms with Crippen LogP contribution in [-0.4, -0.2) is 6.21 Å². The Kier molecular flexibility index (Phi) is 3.13. The summed E-state index contributed by atoms with van der Waals surface area (Å²) in [5.41, 5.74) is 1.05. The van der Waals surface area contributed by atoms with Crippen LogP contribution < -0.4 is 4.74 Å². The molecule has 1 aliphatic heterocycles. The topological polar surface area (TPSA) is 21.6 Å². The van der Waals surface area contributed by atoms with E-state index in [1.165, 1.54) is 0 Å². The number of para-hydroxylation sites is 1. The van der Waals surface area contributed by atoms with Crippen LogP contribution in [0, 0.1) is 0 Å². The minimum atomic E-state index is 0.841. The molecule has 1 aromatic carbocycles. The molecule has 0 spiro atoms. The number of aliphatic imine (C=N–C) groups is 1. The smallest absolute Gasteiger partial charge is 0.133 e. The van der Waals surface area contributed by atoms with Crippen LogP contribution in [0.1, 0.15) is 5.56 Å². The Balaban J connectivity index is 2.36. The highest BCUT2D eigenvalue weighted by Gasteiger charge is 1.96.